The van der Waals surface area contributed by atoms with Crippen molar-refractivity contribution in [3.8, 4) is 0 Å². The highest BCUT2D eigenvalue weighted by Gasteiger charge is 2.45. The van der Waals surface area contributed by atoms with Crippen molar-refractivity contribution in [2.75, 3.05) is 6.61 Å². The Bertz CT molecular complexity index is 253. The Morgan fingerprint density at radius 3 is 2.00 bits per heavy atom. The number of aliphatic hydroxyl groups excluding tert-OH is 4. The first-order valence-corrected chi connectivity index (χ1v) is 7.90. The summed E-state index contributed by atoms with van der Waals surface area (Å²) >= 11 is 1.46. The van der Waals surface area contributed by atoms with Crippen LogP contribution in [0.15, 0.2) is 0 Å². The lowest BCUT2D eigenvalue weighted by Gasteiger charge is -2.42. The van der Waals surface area contributed by atoms with Crippen LogP contribution in [0.1, 0.15) is 38.5 Å². The molecule has 2 fully saturated rings. The van der Waals surface area contributed by atoms with Gasteiger partial charge in [-0.05, 0) is 18.8 Å². The number of thioether (sulfide) groups is 1. The summed E-state index contributed by atoms with van der Waals surface area (Å²) in [5.74, 6) is 0.392. The molecule has 0 radical (unpaired) electrons. The zero-order valence-corrected chi connectivity index (χ0v) is 11.4. The molecule has 1 heterocycles. The first kappa shape index (κ1) is 14.6. The van der Waals surface area contributed by atoms with Gasteiger partial charge in [0.2, 0.25) is 0 Å². The molecule has 18 heavy (non-hydrogen) atoms. The maximum atomic E-state index is 10.2. The summed E-state index contributed by atoms with van der Waals surface area (Å²) in [6.07, 6.45) is 3.97. The number of rotatable bonds is 2. The van der Waals surface area contributed by atoms with Crippen LogP contribution in [0.5, 0.6) is 0 Å². The van der Waals surface area contributed by atoms with E-state index in [-0.39, 0.29) is 17.1 Å². The van der Waals surface area contributed by atoms with Crippen LogP contribution < -0.4 is 0 Å². The highest BCUT2D eigenvalue weighted by molar-refractivity contribution is 8.00. The lowest BCUT2D eigenvalue weighted by molar-refractivity contribution is -0.0751. The van der Waals surface area contributed by atoms with E-state index < -0.39 is 18.3 Å². The van der Waals surface area contributed by atoms with Crippen LogP contribution in [-0.4, -0.2) is 55.8 Å². The van der Waals surface area contributed by atoms with E-state index in [1.807, 2.05) is 0 Å². The Labute approximate surface area is 112 Å². The first-order valence-electron chi connectivity index (χ1n) is 6.95. The van der Waals surface area contributed by atoms with Crippen LogP contribution in [-0.2, 0) is 0 Å². The van der Waals surface area contributed by atoms with Gasteiger partial charge in [0, 0.05) is 5.25 Å². The van der Waals surface area contributed by atoms with Gasteiger partial charge in [0.15, 0.2) is 0 Å². The molecule has 4 N–H and O–H groups in total. The average molecular weight is 276 g/mol. The van der Waals surface area contributed by atoms with Crippen molar-refractivity contribution in [1.82, 2.24) is 0 Å². The Morgan fingerprint density at radius 2 is 1.44 bits per heavy atom. The van der Waals surface area contributed by atoms with Crippen LogP contribution in [0.25, 0.3) is 0 Å². The SMILES string of the molecule is OC[C@H]1S[C@@H](C2CCCCCC2)[C@H](O)[C@@H](O)[C@H]1O. The number of hydrogen-bond acceptors (Lipinski definition) is 5. The van der Waals surface area contributed by atoms with Crippen LogP contribution in [0, 0.1) is 5.92 Å². The van der Waals surface area contributed by atoms with Gasteiger partial charge in [-0.15, -0.1) is 11.8 Å². The van der Waals surface area contributed by atoms with Crippen LogP contribution >= 0.6 is 11.8 Å². The maximum absolute atomic E-state index is 10.2. The van der Waals surface area contributed by atoms with E-state index >= 15 is 0 Å². The second kappa shape index (κ2) is 6.57. The van der Waals surface area contributed by atoms with Gasteiger partial charge in [-0.25, -0.2) is 0 Å². The minimum Gasteiger partial charge on any atom is -0.395 e. The third-order valence-corrected chi connectivity index (χ3v) is 6.05. The summed E-state index contributed by atoms with van der Waals surface area (Å²) in [5, 5.41) is 38.7. The fraction of sp³-hybridized carbons (Fsp3) is 1.00. The summed E-state index contributed by atoms with van der Waals surface area (Å²) in [6, 6.07) is 0. The van der Waals surface area contributed by atoms with E-state index in [0.717, 1.165) is 12.8 Å². The Balaban J connectivity index is 2.05. The van der Waals surface area contributed by atoms with Gasteiger partial charge >= 0.3 is 0 Å². The Hall–Kier alpha value is 0.190. The second-order valence-corrected chi connectivity index (χ2v) is 6.97. The monoisotopic (exact) mass is 276 g/mol. The van der Waals surface area contributed by atoms with Gasteiger partial charge in [0.25, 0.3) is 0 Å². The van der Waals surface area contributed by atoms with Crippen molar-refractivity contribution < 1.29 is 20.4 Å². The topological polar surface area (TPSA) is 80.9 Å². The molecular weight excluding hydrogens is 252 g/mol. The molecule has 0 amide bonds. The quantitative estimate of drug-likeness (QED) is 0.553. The van der Waals surface area contributed by atoms with E-state index in [2.05, 4.69) is 0 Å². The zero-order chi connectivity index (χ0) is 13.1. The molecule has 0 aromatic heterocycles. The fourth-order valence-corrected chi connectivity index (χ4v) is 4.79. The summed E-state index contributed by atoms with van der Waals surface area (Å²) in [7, 11) is 0. The normalized spacial score (nSPS) is 43.7. The van der Waals surface area contributed by atoms with Crippen molar-refractivity contribution in [1.29, 1.82) is 0 Å². The molecular formula is C13H24O4S. The molecule has 1 aliphatic heterocycles. The molecule has 0 bridgehead atoms. The summed E-state index contributed by atoms with van der Waals surface area (Å²) in [6.45, 7) is -0.154. The molecule has 0 aromatic carbocycles. The van der Waals surface area contributed by atoms with Crippen molar-refractivity contribution in [2.24, 2.45) is 5.92 Å². The first-order chi connectivity index (χ1) is 8.65. The van der Waals surface area contributed by atoms with Crippen LogP contribution in [0.2, 0.25) is 0 Å². The third-order valence-electron chi connectivity index (χ3n) is 4.29. The molecule has 1 aliphatic carbocycles. The molecule has 106 valence electrons. The predicted molar refractivity (Wildman–Crippen MR) is 71.5 cm³/mol. The number of hydrogen-bond donors (Lipinski definition) is 4. The van der Waals surface area contributed by atoms with Crippen molar-refractivity contribution in [2.45, 2.75) is 67.3 Å². The highest BCUT2D eigenvalue weighted by Crippen LogP contribution is 2.41. The van der Waals surface area contributed by atoms with E-state index in [0.29, 0.717) is 5.92 Å². The molecule has 0 aromatic rings. The van der Waals surface area contributed by atoms with Crippen LogP contribution in [0.4, 0.5) is 0 Å². The van der Waals surface area contributed by atoms with Gasteiger partial charge < -0.3 is 20.4 Å². The van der Waals surface area contributed by atoms with Gasteiger partial charge in [-0.1, -0.05) is 25.7 Å². The second-order valence-electron chi connectivity index (χ2n) is 5.55. The van der Waals surface area contributed by atoms with Crippen LogP contribution in [0.3, 0.4) is 0 Å². The third kappa shape index (κ3) is 3.02. The van der Waals surface area contributed by atoms with Gasteiger partial charge in [0.05, 0.1) is 24.1 Å². The average Bonchev–Trinajstić information content (AvgIpc) is 2.65. The zero-order valence-electron chi connectivity index (χ0n) is 10.6. The van der Waals surface area contributed by atoms with E-state index in [1.54, 1.807) is 0 Å². The lowest BCUT2D eigenvalue weighted by Crippen LogP contribution is -2.55. The fourth-order valence-electron chi connectivity index (χ4n) is 3.16. The minimum absolute atomic E-state index is 0.0568. The van der Waals surface area contributed by atoms with E-state index in [4.69, 9.17) is 0 Å². The van der Waals surface area contributed by atoms with E-state index in [1.165, 1.54) is 37.4 Å². The predicted octanol–water partition coefficient (Wildman–Crippen LogP) is 0.516. The molecule has 2 rings (SSSR count). The molecule has 0 spiro atoms. The molecule has 1 saturated carbocycles. The molecule has 2 aliphatic rings. The van der Waals surface area contributed by atoms with Gasteiger partial charge in [0.1, 0.15) is 6.10 Å². The minimum atomic E-state index is -1.13. The molecule has 4 nitrogen and oxygen atoms in total. The standard InChI is InChI=1S/C13H24O4S/c14-7-9-10(15)11(16)12(17)13(18-9)8-5-3-1-2-4-6-8/h8-17H,1-7H2/t9-,10+,11+,12-,13+/m1/s1. The van der Waals surface area contributed by atoms with Crippen molar-refractivity contribution >= 4 is 11.8 Å². The highest BCUT2D eigenvalue weighted by atomic mass is 32.2. The lowest BCUT2D eigenvalue weighted by atomic mass is 9.89. The van der Waals surface area contributed by atoms with Gasteiger partial charge in [-0.2, -0.15) is 0 Å². The Morgan fingerprint density at radius 1 is 0.833 bits per heavy atom. The number of aliphatic hydroxyl groups is 4. The summed E-state index contributed by atoms with van der Waals surface area (Å²) in [4.78, 5) is 0. The molecule has 1 saturated heterocycles. The molecule has 5 atom stereocenters. The Kier molecular flexibility index (Phi) is 5.33. The summed E-state index contributed by atoms with van der Waals surface area (Å²) in [5.41, 5.74) is 0. The van der Waals surface area contributed by atoms with Crippen molar-refractivity contribution in [3.05, 3.63) is 0 Å². The molecule has 0 unspecified atom stereocenters. The molecule has 5 heteroatoms. The largest absolute Gasteiger partial charge is 0.395 e. The van der Waals surface area contributed by atoms with E-state index in [9.17, 15) is 20.4 Å². The smallest absolute Gasteiger partial charge is 0.108 e. The maximum Gasteiger partial charge on any atom is 0.108 e. The van der Waals surface area contributed by atoms with Crippen molar-refractivity contribution in [3.63, 3.8) is 0 Å². The van der Waals surface area contributed by atoms with Gasteiger partial charge in [-0.3, -0.25) is 0 Å². The summed E-state index contributed by atoms with van der Waals surface area (Å²) < 4.78 is 0.